The average molecular weight is 356 g/mol. The summed E-state index contributed by atoms with van der Waals surface area (Å²) in [6, 6.07) is 11.2. The summed E-state index contributed by atoms with van der Waals surface area (Å²) in [7, 11) is 1.27. The van der Waals surface area contributed by atoms with Gasteiger partial charge < -0.3 is 13.9 Å². The molecule has 134 valence electrons. The Morgan fingerprint density at radius 3 is 2.73 bits per heavy atom. The first-order chi connectivity index (χ1) is 12.5. The lowest BCUT2D eigenvalue weighted by molar-refractivity contribution is -0.139. The molecular formula is C20H17FO5. The first kappa shape index (κ1) is 17.7. The molecule has 0 unspecified atom stereocenters. The highest BCUT2D eigenvalue weighted by Gasteiger charge is 2.15. The third-order valence-electron chi connectivity index (χ3n) is 4.10. The summed E-state index contributed by atoms with van der Waals surface area (Å²) in [6.45, 7) is 1.94. The van der Waals surface area contributed by atoms with Crippen molar-refractivity contribution in [2.24, 2.45) is 0 Å². The van der Waals surface area contributed by atoms with Gasteiger partial charge in [-0.2, -0.15) is 0 Å². The van der Waals surface area contributed by atoms with Gasteiger partial charge in [0.05, 0.1) is 19.1 Å². The molecule has 0 saturated heterocycles. The van der Waals surface area contributed by atoms with E-state index in [0.717, 1.165) is 0 Å². The number of carbonyl (C=O) groups is 1. The predicted octanol–water partition coefficient (Wildman–Crippen LogP) is 3.54. The van der Waals surface area contributed by atoms with Gasteiger partial charge in [0.1, 0.15) is 23.8 Å². The molecule has 26 heavy (non-hydrogen) atoms. The van der Waals surface area contributed by atoms with Gasteiger partial charge in [-0.1, -0.05) is 12.1 Å². The van der Waals surface area contributed by atoms with Gasteiger partial charge in [-0.15, -0.1) is 0 Å². The van der Waals surface area contributed by atoms with Gasteiger partial charge in [0.2, 0.25) is 0 Å². The molecule has 0 radical (unpaired) electrons. The van der Waals surface area contributed by atoms with Crippen LogP contribution in [0.25, 0.3) is 11.0 Å². The van der Waals surface area contributed by atoms with E-state index in [1.165, 1.54) is 19.2 Å². The zero-order valence-electron chi connectivity index (χ0n) is 14.4. The molecule has 3 aromatic rings. The Kier molecular flexibility index (Phi) is 5.02. The first-order valence-electron chi connectivity index (χ1n) is 7.98. The van der Waals surface area contributed by atoms with Crippen molar-refractivity contribution >= 4 is 16.9 Å². The molecule has 0 saturated carbocycles. The second kappa shape index (κ2) is 7.39. The molecule has 5 nitrogen and oxygen atoms in total. The molecule has 0 bridgehead atoms. The minimum absolute atomic E-state index is 0.140. The number of fused-ring (bicyclic) bond motifs is 1. The second-order valence-electron chi connectivity index (χ2n) is 5.82. The molecule has 1 heterocycles. The minimum atomic E-state index is -0.581. The lowest BCUT2D eigenvalue weighted by Crippen LogP contribution is -2.16. The Morgan fingerprint density at radius 1 is 1.19 bits per heavy atom. The van der Waals surface area contributed by atoms with E-state index in [1.807, 2.05) is 0 Å². The highest BCUT2D eigenvalue weighted by Crippen LogP contribution is 2.25. The summed E-state index contributed by atoms with van der Waals surface area (Å²) in [5.41, 5.74) is 1.41. The number of carbonyl (C=O) groups excluding carboxylic acids is 1. The van der Waals surface area contributed by atoms with Crippen LogP contribution < -0.4 is 10.4 Å². The Hall–Kier alpha value is -3.15. The SMILES string of the molecule is COC(=O)Cc1c(C)c2ccc(OCc3cccc(F)c3)cc2oc1=O. The molecule has 0 aliphatic rings. The average Bonchev–Trinajstić information content (AvgIpc) is 2.63. The lowest BCUT2D eigenvalue weighted by Gasteiger charge is -2.10. The van der Waals surface area contributed by atoms with Crippen molar-refractivity contribution in [2.45, 2.75) is 20.0 Å². The Labute approximate surface area is 149 Å². The zero-order chi connectivity index (χ0) is 18.7. The van der Waals surface area contributed by atoms with Gasteiger partial charge in [0, 0.05) is 11.5 Å². The standard InChI is InChI=1S/C20H17FO5/c1-12-16-7-6-15(25-11-13-4-3-5-14(21)8-13)9-18(16)26-20(23)17(12)10-19(22)24-2/h3-9H,10-11H2,1-2H3. The van der Waals surface area contributed by atoms with Gasteiger partial charge in [-0.05, 0) is 42.3 Å². The van der Waals surface area contributed by atoms with Crippen LogP contribution >= 0.6 is 0 Å². The van der Waals surface area contributed by atoms with E-state index in [2.05, 4.69) is 4.74 Å². The van der Waals surface area contributed by atoms with Crippen LogP contribution in [-0.2, 0) is 22.6 Å². The lowest BCUT2D eigenvalue weighted by atomic mass is 10.0. The fraction of sp³-hybridized carbons (Fsp3) is 0.200. The number of methoxy groups -OCH3 is 1. The van der Waals surface area contributed by atoms with Crippen LogP contribution in [0.4, 0.5) is 4.39 Å². The van der Waals surface area contributed by atoms with Gasteiger partial charge in [-0.25, -0.2) is 9.18 Å². The maximum absolute atomic E-state index is 13.2. The van der Waals surface area contributed by atoms with Gasteiger partial charge in [-0.3, -0.25) is 4.79 Å². The predicted molar refractivity (Wildman–Crippen MR) is 93.7 cm³/mol. The molecule has 0 fully saturated rings. The highest BCUT2D eigenvalue weighted by atomic mass is 19.1. The first-order valence-corrected chi connectivity index (χ1v) is 7.98. The van der Waals surface area contributed by atoms with E-state index < -0.39 is 11.6 Å². The number of ether oxygens (including phenoxy) is 2. The third kappa shape index (κ3) is 3.74. The van der Waals surface area contributed by atoms with Crippen LogP contribution in [0.2, 0.25) is 0 Å². The van der Waals surface area contributed by atoms with E-state index in [1.54, 1.807) is 37.3 Å². The van der Waals surface area contributed by atoms with Gasteiger partial charge in [0.25, 0.3) is 0 Å². The largest absolute Gasteiger partial charge is 0.489 e. The van der Waals surface area contributed by atoms with E-state index >= 15 is 0 Å². The number of hydrogen-bond donors (Lipinski definition) is 0. The van der Waals surface area contributed by atoms with Crippen LogP contribution in [0.3, 0.4) is 0 Å². The number of rotatable bonds is 5. The van der Waals surface area contributed by atoms with Crippen molar-refractivity contribution in [3.8, 4) is 5.75 Å². The zero-order valence-corrected chi connectivity index (χ0v) is 14.4. The number of hydrogen-bond acceptors (Lipinski definition) is 5. The number of benzene rings is 2. The van der Waals surface area contributed by atoms with Crippen molar-refractivity contribution in [1.29, 1.82) is 0 Å². The minimum Gasteiger partial charge on any atom is -0.489 e. The molecular weight excluding hydrogens is 339 g/mol. The van der Waals surface area contributed by atoms with Crippen molar-refractivity contribution in [3.63, 3.8) is 0 Å². The molecule has 3 rings (SSSR count). The quantitative estimate of drug-likeness (QED) is 0.517. The summed E-state index contributed by atoms with van der Waals surface area (Å²) < 4.78 is 28.8. The summed E-state index contributed by atoms with van der Waals surface area (Å²) in [6.07, 6.45) is -0.140. The van der Waals surface area contributed by atoms with Crippen molar-refractivity contribution < 1.29 is 23.1 Å². The van der Waals surface area contributed by atoms with E-state index in [-0.39, 0.29) is 24.4 Å². The monoisotopic (exact) mass is 356 g/mol. The molecule has 2 aromatic carbocycles. The smallest absolute Gasteiger partial charge is 0.340 e. The summed E-state index contributed by atoms with van der Waals surface area (Å²) >= 11 is 0. The summed E-state index contributed by atoms with van der Waals surface area (Å²) in [5.74, 6) is -0.343. The highest BCUT2D eigenvalue weighted by molar-refractivity contribution is 5.84. The normalized spacial score (nSPS) is 10.7. The van der Waals surface area contributed by atoms with E-state index in [0.29, 0.717) is 27.8 Å². The van der Waals surface area contributed by atoms with Crippen molar-refractivity contribution in [1.82, 2.24) is 0 Å². The van der Waals surface area contributed by atoms with Crippen LogP contribution in [0.15, 0.2) is 51.7 Å². The molecule has 0 spiro atoms. The summed E-state index contributed by atoms with van der Waals surface area (Å²) in [5, 5.41) is 0.710. The Morgan fingerprint density at radius 2 is 2.00 bits per heavy atom. The van der Waals surface area contributed by atoms with Crippen LogP contribution in [0, 0.1) is 12.7 Å². The maximum atomic E-state index is 13.2. The number of esters is 1. The molecule has 1 aromatic heterocycles. The number of aryl methyl sites for hydroxylation is 1. The Balaban J connectivity index is 1.88. The van der Waals surface area contributed by atoms with Crippen LogP contribution in [0.5, 0.6) is 5.75 Å². The fourth-order valence-electron chi connectivity index (χ4n) is 2.68. The molecule has 6 heteroatoms. The summed E-state index contributed by atoms with van der Waals surface area (Å²) in [4.78, 5) is 23.6. The van der Waals surface area contributed by atoms with E-state index in [4.69, 9.17) is 9.15 Å². The van der Waals surface area contributed by atoms with Crippen LogP contribution in [0.1, 0.15) is 16.7 Å². The van der Waals surface area contributed by atoms with Crippen molar-refractivity contribution in [2.75, 3.05) is 7.11 Å². The topological polar surface area (TPSA) is 65.7 Å². The molecule has 0 aliphatic carbocycles. The van der Waals surface area contributed by atoms with Crippen molar-refractivity contribution in [3.05, 3.63) is 75.4 Å². The molecule has 0 atom stereocenters. The third-order valence-corrected chi connectivity index (χ3v) is 4.10. The van der Waals surface area contributed by atoms with E-state index in [9.17, 15) is 14.0 Å². The molecule has 0 amide bonds. The second-order valence-corrected chi connectivity index (χ2v) is 5.82. The van der Waals surface area contributed by atoms with Gasteiger partial charge >= 0.3 is 11.6 Å². The van der Waals surface area contributed by atoms with Crippen LogP contribution in [-0.4, -0.2) is 13.1 Å². The maximum Gasteiger partial charge on any atom is 0.340 e. The molecule has 0 N–H and O–H groups in total. The Bertz CT molecular complexity index is 1020. The molecule has 0 aliphatic heterocycles. The fourth-order valence-corrected chi connectivity index (χ4v) is 2.68. The van der Waals surface area contributed by atoms with Gasteiger partial charge in [0.15, 0.2) is 0 Å². The number of halogens is 1.